The Bertz CT molecular complexity index is 457. The van der Waals surface area contributed by atoms with E-state index >= 15 is 0 Å². The third kappa shape index (κ3) is 6.33. The summed E-state index contributed by atoms with van der Waals surface area (Å²) in [5.74, 6) is 0.984. The van der Waals surface area contributed by atoms with Gasteiger partial charge in [0.1, 0.15) is 11.7 Å². The number of alkyl halides is 1. The van der Waals surface area contributed by atoms with Gasteiger partial charge in [-0.25, -0.2) is 4.39 Å². The summed E-state index contributed by atoms with van der Waals surface area (Å²) in [4.78, 5) is 0. The van der Waals surface area contributed by atoms with E-state index in [0.717, 1.165) is 30.3 Å². The van der Waals surface area contributed by atoms with Crippen molar-refractivity contribution in [2.24, 2.45) is 11.8 Å². The molecule has 2 rings (SSSR count). The molecule has 136 valence electrons. The van der Waals surface area contributed by atoms with Crippen molar-refractivity contribution in [3.05, 3.63) is 29.8 Å². The first-order valence-electron chi connectivity index (χ1n) is 9.29. The zero-order valence-electron chi connectivity index (χ0n) is 15.3. The highest BCUT2D eigenvalue weighted by Crippen LogP contribution is 2.33. The van der Waals surface area contributed by atoms with Crippen LogP contribution in [0.4, 0.5) is 4.39 Å². The molecule has 0 N–H and O–H groups in total. The first-order chi connectivity index (χ1) is 11.6. The number of halogens is 1. The van der Waals surface area contributed by atoms with E-state index in [-0.39, 0.29) is 20.8 Å². The summed E-state index contributed by atoms with van der Waals surface area (Å²) in [5.41, 5.74) is 0.725. The predicted molar refractivity (Wildman–Crippen MR) is 101 cm³/mol. The number of benzene rings is 1. The van der Waals surface area contributed by atoms with E-state index < -0.39 is 5.91 Å². The predicted octanol–water partition coefficient (Wildman–Crippen LogP) is 6.31. The molecule has 3 atom stereocenters. The third-order valence-electron chi connectivity index (χ3n) is 4.76. The van der Waals surface area contributed by atoms with Crippen molar-refractivity contribution in [3.63, 3.8) is 0 Å². The molecule has 1 aromatic rings. The third-order valence-corrected chi connectivity index (χ3v) is 5.60. The molecule has 0 heterocycles. The summed E-state index contributed by atoms with van der Waals surface area (Å²) in [7, 11) is 0.267. The van der Waals surface area contributed by atoms with Crippen LogP contribution < -0.4 is 4.74 Å². The smallest absolute Gasteiger partial charge is 0.202 e. The van der Waals surface area contributed by atoms with E-state index in [9.17, 15) is 4.39 Å². The number of hydrogen-bond acceptors (Lipinski definition) is 2. The van der Waals surface area contributed by atoms with Crippen molar-refractivity contribution in [1.29, 1.82) is 0 Å². The summed E-state index contributed by atoms with van der Waals surface area (Å²) in [5, 5.41) is 0. The standard InChI is InChI=1S/C20H32FO2P/c1-15(2)20(22-14-13-16-7-5-4-6-8-16)23-18-11-9-17(10-12-18)19(21)24-3/h9-12,15-16,19-20,24H,4-8,13-14H2,1-3H3. The van der Waals surface area contributed by atoms with Crippen molar-refractivity contribution in [2.45, 2.75) is 64.6 Å². The number of ether oxygens (including phenoxy) is 2. The van der Waals surface area contributed by atoms with Crippen molar-refractivity contribution in [3.8, 4) is 5.75 Å². The fourth-order valence-electron chi connectivity index (χ4n) is 3.21. The van der Waals surface area contributed by atoms with Gasteiger partial charge in [-0.2, -0.15) is 0 Å². The first-order valence-corrected chi connectivity index (χ1v) is 10.9. The average molecular weight is 354 g/mol. The molecule has 1 aliphatic rings. The monoisotopic (exact) mass is 354 g/mol. The van der Waals surface area contributed by atoms with Crippen LogP contribution in [0, 0.1) is 11.8 Å². The first kappa shape index (κ1) is 19.7. The van der Waals surface area contributed by atoms with Gasteiger partial charge in [0.25, 0.3) is 0 Å². The molecule has 0 saturated heterocycles. The summed E-state index contributed by atoms with van der Waals surface area (Å²) < 4.78 is 25.7. The van der Waals surface area contributed by atoms with E-state index in [4.69, 9.17) is 9.47 Å². The Morgan fingerprint density at radius 3 is 2.38 bits per heavy atom. The Morgan fingerprint density at radius 1 is 1.12 bits per heavy atom. The molecule has 0 bridgehead atoms. The second-order valence-corrected chi connectivity index (χ2v) is 8.20. The molecule has 0 amide bonds. The van der Waals surface area contributed by atoms with Crippen LogP contribution in [0.25, 0.3) is 0 Å². The molecule has 1 aliphatic carbocycles. The van der Waals surface area contributed by atoms with Gasteiger partial charge in [0.15, 0.2) is 0 Å². The van der Waals surface area contributed by atoms with Gasteiger partial charge in [0.05, 0.1) is 6.61 Å². The summed E-state index contributed by atoms with van der Waals surface area (Å²) in [6.07, 6.45) is 7.72. The maximum absolute atomic E-state index is 13.7. The maximum atomic E-state index is 13.7. The molecule has 0 aromatic heterocycles. The molecule has 1 fully saturated rings. The second kappa shape index (κ2) is 10.4. The Hall–Kier alpha value is -0.660. The average Bonchev–Trinajstić information content (AvgIpc) is 2.61. The van der Waals surface area contributed by atoms with Crippen LogP contribution in [0.3, 0.4) is 0 Å². The van der Waals surface area contributed by atoms with Crippen molar-refractivity contribution in [2.75, 3.05) is 13.3 Å². The number of rotatable bonds is 9. The van der Waals surface area contributed by atoms with Crippen molar-refractivity contribution < 1.29 is 13.9 Å². The zero-order chi connectivity index (χ0) is 17.4. The van der Waals surface area contributed by atoms with E-state index in [0.29, 0.717) is 0 Å². The number of hydrogen-bond donors (Lipinski definition) is 0. The lowest BCUT2D eigenvalue weighted by Gasteiger charge is -2.25. The van der Waals surface area contributed by atoms with Crippen LogP contribution in [-0.4, -0.2) is 19.6 Å². The summed E-state index contributed by atoms with van der Waals surface area (Å²) >= 11 is 0. The van der Waals surface area contributed by atoms with Crippen LogP contribution in [0.1, 0.15) is 63.8 Å². The molecule has 4 heteroatoms. The van der Waals surface area contributed by atoms with E-state index in [1.54, 1.807) is 0 Å². The fourth-order valence-corrected chi connectivity index (χ4v) is 3.73. The Labute approximate surface area is 148 Å². The topological polar surface area (TPSA) is 18.5 Å². The second-order valence-electron chi connectivity index (χ2n) is 7.11. The highest BCUT2D eigenvalue weighted by atomic mass is 31.1. The zero-order valence-corrected chi connectivity index (χ0v) is 16.3. The largest absolute Gasteiger partial charge is 0.465 e. The van der Waals surface area contributed by atoms with Gasteiger partial charge < -0.3 is 9.47 Å². The van der Waals surface area contributed by atoms with Crippen LogP contribution in [0.2, 0.25) is 0 Å². The lowest BCUT2D eigenvalue weighted by Crippen LogP contribution is -2.27. The minimum atomic E-state index is -0.869. The summed E-state index contributed by atoms with van der Waals surface area (Å²) in [6, 6.07) is 7.33. The van der Waals surface area contributed by atoms with Crippen molar-refractivity contribution >= 4 is 8.58 Å². The molecule has 24 heavy (non-hydrogen) atoms. The molecule has 1 aromatic carbocycles. The minimum Gasteiger partial charge on any atom is -0.465 e. The molecule has 0 radical (unpaired) electrons. The Kier molecular flexibility index (Phi) is 8.49. The normalized spacial score (nSPS) is 19.0. The van der Waals surface area contributed by atoms with Gasteiger partial charge in [-0.15, -0.1) is 0 Å². The van der Waals surface area contributed by atoms with Crippen molar-refractivity contribution in [1.82, 2.24) is 0 Å². The van der Waals surface area contributed by atoms with Gasteiger partial charge in [0.2, 0.25) is 6.29 Å². The van der Waals surface area contributed by atoms with Gasteiger partial charge in [-0.3, -0.25) is 0 Å². The maximum Gasteiger partial charge on any atom is 0.202 e. The molecule has 2 nitrogen and oxygen atoms in total. The molecular formula is C20H32FO2P. The van der Waals surface area contributed by atoms with Gasteiger partial charge in [-0.1, -0.05) is 66.7 Å². The van der Waals surface area contributed by atoms with E-state index in [1.807, 2.05) is 30.9 Å². The Balaban J connectivity index is 1.81. The highest BCUT2D eigenvalue weighted by molar-refractivity contribution is 7.37. The van der Waals surface area contributed by atoms with Crippen LogP contribution >= 0.6 is 8.58 Å². The molecule has 1 saturated carbocycles. The molecule has 3 unspecified atom stereocenters. The highest BCUT2D eigenvalue weighted by Gasteiger charge is 2.18. The molecule has 0 aliphatic heterocycles. The van der Waals surface area contributed by atoms with Crippen LogP contribution in [-0.2, 0) is 4.74 Å². The Morgan fingerprint density at radius 2 is 1.79 bits per heavy atom. The lowest BCUT2D eigenvalue weighted by atomic mass is 9.87. The lowest BCUT2D eigenvalue weighted by molar-refractivity contribution is -0.111. The van der Waals surface area contributed by atoms with E-state index in [2.05, 4.69) is 13.8 Å². The minimum absolute atomic E-state index is 0.242. The molecular weight excluding hydrogens is 322 g/mol. The van der Waals surface area contributed by atoms with Gasteiger partial charge in [-0.05, 0) is 36.7 Å². The SMILES string of the molecule is CPC(F)c1ccc(OC(OCCC2CCCCC2)C(C)C)cc1. The van der Waals surface area contributed by atoms with Gasteiger partial charge in [0, 0.05) is 5.92 Å². The fraction of sp³-hybridized carbons (Fsp3) is 0.700. The van der Waals surface area contributed by atoms with E-state index in [1.165, 1.54) is 32.1 Å². The molecule has 0 spiro atoms. The van der Waals surface area contributed by atoms with Crippen LogP contribution in [0.15, 0.2) is 24.3 Å². The van der Waals surface area contributed by atoms with Crippen LogP contribution in [0.5, 0.6) is 5.75 Å². The quantitative estimate of drug-likeness (QED) is 0.382. The summed E-state index contributed by atoms with van der Waals surface area (Å²) in [6.45, 7) is 6.85. The van der Waals surface area contributed by atoms with Gasteiger partial charge >= 0.3 is 0 Å².